The third-order valence-corrected chi connectivity index (χ3v) is 4.25. The molecule has 0 spiro atoms. The van der Waals surface area contributed by atoms with E-state index < -0.39 is 5.91 Å². The quantitative estimate of drug-likeness (QED) is 0.814. The van der Waals surface area contributed by atoms with Gasteiger partial charge in [-0.3, -0.25) is 9.59 Å². The van der Waals surface area contributed by atoms with Crippen LogP contribution in [0.2, 0.25) is 10.0 Å². The predicted molar refractivity (Wildman–Crippen MR) is 97.4 cm³/mol. The van der Waals surface area contributed by atoms with Crippen molar-refractivity contribution in [3.05, 3.63) is 63.9 Å². The SMILES string of the molecule is CC(=O)N(CCc1ccccc1F)CC(=O)Nc1c(Cl)cccc1Cl. The molecule has 0 aliphatic carbocycles. The van der Waals surface area contributed by atoms with Crippen LogP contribution in [0.1, 0.15) is 12.5 Å². The molecule has 2 aromatic rings. The zero-order valence-corrected chi connectivity index (χ0v) is 15.1. The molecule has 4 nitrogen and oxygen atoms in total. The molecular formula is C18H17Cl2FN2O2. The highest BCUT2D eigenvalue weighted by Gasteiger charge is 2.16. The highest BCUT2D eigenvalue weighted by atomic mass is 35.5. The summed E-state index contributed by atoms with van der Waals surface area (Å²) in [6.07, 6.45) is 0.312. The molecule has 2 amide bonds. The predicted octanol–water partition coefficient (Wildman–Crippen LogP) is 4.16. The molecule has 0 aliphatic rings. The average molecular weight is 383 g/mol. The fourth-order valence-corrected chi connectivity index (χ4v) is 2.77. The fourth-order valence-electron chi connectivity index (χ4n) is 2.27. The first-order valence-electron chi connectivity index (χ1n) is 7.61. The van der Waals surface area contributed by atoms with Crippen molar-refractivity contribution in [1.29, 1.82) is 0 Å². The van der Waals surface area contributed by atoms with Crippen LogP contribution in [0, 0.1) is 5.82 Å². The standard InChI is InChI=1S/C18H17Cl2FN2O2/c1-12(24)23(10-9-13-5-2-3-8-16(13)21)11-17(25)22-18-14(19)6-4-7-15(18)20/h2-8H,9-11H2,1H3,(H,22,25). The van der Waals surface area contributed by atoms with Crippen molar-refractivity contribution in [3.8, 4) is 0 Å². The van der Waals surface area contributed by atoms with E-state index >= 15 is 0 Å². The lowest BCUT2D eigenvalue weighted by molar-refractivity contribution is -0.132. The molecule has 2 rings (SSSR count). The maximum absolute atomic E-state index is 13.7. The Kier molecular flexibility index (Phi) is 6.79. The summed E-state index contributed by atoms with van der Waals surface area (Å²) in [5, 5.41) is 3.22. The summed E-state index contributed by atoms with van der Waals surface area (Å²) in [6, 6.07) is 11.2. The van der Waals surface area contributed by atoms with Crippen LogP contribution in [0.5, 0.6) is 0 Å². The van der Waals surface area contributed by atoms with Gasteiger partial charge in [0.15, 0.2) is 0 Å². The number of hydrogen-bond donors (Lipinski definition) is 1. The Labute approximate surface area is 155 Å². The van der Waals surface area contributed by atoms with Crippen LogP contribution in [-0.4, -0.2) is 29.8 Å². The number of anilines is 1. The second-order valence-electron chi connectivity index (χ2n) is 5.43. The number of rotatable bonds is 6. The van der Waals surface area contributed by atoms with Gasteiger partial charge in [0.25, 0.3) is 0 Å². The molecule has 0 radical (unpaired) electrons. The number of nitrogens with zero attached hydrogens (tertiary/aromatic N) is 1. The number of carbonyl (C=O) groups excluding carboxylic acids is 2. The molecule has 0 atom stereocenters. The molecule has 2 aromatic carbocycles. The topological polar surface area (TPSA) is 49.4 Å². The number of carbonyl (C=O) groups is 2. The fraction of sp³-hybridized carbons (Fsp3) is 0.222. The lowest BCUT2D eigenvalue weighted by atomic mass is 10.1. The number of hydrogen-bond acceptors (Lipinski definition) is 2. The van der Waals surface area contributed by atoms with E-state index in [2.05, 4.69) is 5.32 Å². The lowest BCUT2D eigenvalue weighted by Gasteiger charge is -2.21. The highest BCUT2D eigenvalue weighted by molar-refractivity contribution is 6.39. The zero-order chi connectivity index (χ0) is 18.4. The minimum atomic E-state index is -0.432. The maximum Gasteiger partial charge on any atom is 0.244 e. The van der Waals surface area contributed by atoms with Crippen LogP contribution >= 0.6 is 23.2 Å². The van der Waals surface area contributed by atoms with Crippen LogP contribution < -0.4 is 5.32 Å². The van der Waals surface area contributed by atoms with Gasteiger partial charge in [-0.25, -0.2) is 4.39 Å². The Bertz CT molecular complexity index is 763. The number of halogens is 3. The van der Waals surface area contributed by atoms with Gasteiger partial charge >= 0.3 is 0 Å². The zero-order valence-electron chi connectivity index (χ0n) is 13.6. The summed E-state index contributed by atoms with van der Waals surface area (Å²) in [5.41, 5.74) is 0.789. The van der Waals surface area contributed by atoms with Gasteiger partial charge in [-0.15, -0.1) is 0 Å². The van der Waals surface area contributed by atoms with Crippen molar-refractivity contribution in [2.24, 2.45) is 0 Å². The molecule has 0 saturated carbocycles. The van der Waals surface area contributed by atoms with Crippen molar-refractivity contribution in [1.82, 2.24) is 4.90 Å². The molecular weight excluding hydrogens is 366 g/mol. The molecule has 0 aliphatic heterocycles. The van der Waals surface area contributed by atoms with E-state index in [1.54, 1.807) is 36.4 Å². The average Bonchev–Trinajstić information content (AvgIpc) is 2.56. The van der Waals surface area contributed by atoms with Gasteiger partial charge in [-0.05, 0) is 30.2 Å². The summed E-state index contributed by atoms with van der Waals surface area (Å²) in [5.74, 6) is -1.05. The third kappa shape index (κ3) is 5.44. The largest absolute Gasteiger partial charge is 0.333 e. The Balaban J connectivity index is 2.00. The van der Waals surface area contributed by atoms with Crippen LogP contribution in [0.4, 0.5) is 10.1 Å². The third-order valence-electron chi connectivity index (χ3n) is 3.62. The monoisotopic (exact) mass is 382 g/mol. The molecule has 0 aromatic heterocycles. The van der Waals surface area contributed by atoms with Crippen molar-refractivity contribution < 1.29 is 14.0 Å². The summed E-state index contributed by atoms with van der Waals surface area (Å²) in [4.78, 5) is 25.3. The summed E-state index contributed by atoms with van der Waals surface area (Å²) in [7, 11) is 0. The van der Waals surface area contributed by atoms with Gasteiger partial charge in [0, 0.05) is 13.5 Å². The Morgan fingerprint density at radius 1 is 1.08 bits per heavy atom. The minimum Gasteiger partial charge on any atom is -0.333 e. The molecule has 1 N–H and O–H groups in total. The first kappa shape index (κ1) is 19.2. The second-order valence-corrected chi connectivity index (χ2v) is 6.24. The molecule has 0 saturated heterocycles. The Morgan fingerprint density at radius 3 is 2.32 bits per heavy atom. The normalized spacial score (nSPS) is 10.4. The Morgan fingerprint density at radius 2 is 1.72 bits per heavy atom. The molecule has 7 heteroatoms. The molecule has 132 valence electrons. The van der Waals surface area contributed by atoms with E-state index in [-0.39, 0.29) is 24.8 Å². The van der Waals surface area contributed by atoms with Crippen molar-refractivity contribution >= 4 is 40.7 Å². The molecule has 0 bridgehead atoms. The number of para-hydroxylation sites is 1. The smallest absolute Gasteiger partial charge is 0.244 e. The number of nitrogens with one attached hydrogen (secondary N) is 1. The van der Waals surface area contributed by atoms with E-state index in [0.29, 0.717) is 27.7 Å². The van der Waals surface area contributed by atoms with E-state index in [0.717, 1.165) is 0 Å². The molecule has 0 heterocycles. The maximum atomic E-state index is 13.7. The van der Waals surface area contributed by atoms with E-state index in [1.165, 1.54) is 17.9 Å². The summed E-state index contributed by atoms with van der Waals surface area (Å²) in [6.45, 7) is 1.41. The summed E-state index contributed by atoms with van der Waals surface area (Å²) < 4.78 is 13.7. The number of amides is 2. The van der Waals surface area contributed by atoms with Gasteiger partial charge in [0.05, 0.1) is 22.3 Å². The summed E-state index contributed by atoms with van der Waals surface area (Å²) >= 11 is 12.0. The van der Waals surface area contributed by atoms with E-state index in [1.807, 2.05) is 0 Å². The lowest BCUT2D eigenvalue weighted by Crippen LogP contribution is -2.38. The van der Waals surface area contributed by atoms with Crippen LogP contribution in [0.15, 0.2) is 42.5 Å². The van der Waals surface area contributed by atoms with E-state index in [9.17, 15) is 14.0 Å². The number of benzene rings is 2. The van der Waals surface area contributed by atoms with E-state index in [4.69, 9.17) is 23.2 Å². The van der Waals surface area contributed by atoms with Crippen molar-refractivity contribution in [3.63, 3.8) is 0 Å². The van der Waals surface area contributed by atoms with Gasteiger partial charge < -0.3 is 10.2 Å². The van der Waals surface area contributed by atoms with Gasteiger partial charge in [0.2, 0.25) is 11.8 Å². The minimum absolute atomic E-state index is 0.175. The highest BCUT2D eigenvalue weighted by Crippen LogP contribution is 2.29. The van der Waals surface area contributed by atoms with Crippen molar-refractivity contribution in [2.45, 2.75) is 13.3 Å². The molecule has 25 heavy (non-hydrogen) atoms. The van der Waals surface area contributed by atoms with Crippen LogP contribution in [0.3, 0.4) is 0 Å². The second kappa shape index (κ2) is 8.83. The van der Waals surface area contributed by atoms with Crippen LogP contribution in [0.25, 0.3) is 0 Å². The first-order chi connectivity index (χ1) is 11.9. The molecule has 0 fully saturated rings. The van der Waals surface area contributed by atoms with Crippen LogP contribution in [-0.2, 0) is 16.0 Å². The Hall–Kier alpha value is -2.11. The molecule has 0 unspecified atom stereocenters. The van der Waals surface area contributed by atoms with Gasteiger partial charge in [-0.1, -0.05) is 47.5 Å². The van der Waals surface area contributed by atoms with Gasteiger partial charge in [0.1, 0.15) is 5.82 Å². The first-order valence-corrected chi connectivity index (χ1v) is 8.37. The van der Waals surface area contributed by atoms with Gasteiger partial charge in [-0.2, -0.15) is 0 Å². The van der Waals surface area contributed by atoms with Crippen molar-refractivity contribution in [2.75, 3.05) is 18.4 Å².